The Kier molecular flexibility index (Phi) is 5.53. The summed E-state index contributed by atoms with van der Waals surface area (Å²) in [6.45, 7) is 8.03. The lowest BCUT2D eigenvalue weighted by Gasteiger charge is -2.19. The number of carbonyl (C=O) groups excluding carboxylic acids is 1. The molecule has 0 spiro atoms. The number of hydrogen-bond acceptors (Lipinski definition) is 7. The minimum Gasteiger partial charge on any atom is -0.347 e. The number of amides is 1. The first-order chi connectivity index (χ1) is 12.6. The number of aromatic nitrogens is 2. The van der Waals surface area contributed by atoms with E-state index in [0.29, 0.717) is 10.8 Å². The van der Waals surface area contributed by atoms with Gasteiger partial charge in [-0.2, -0.15) is 0 Å². The van der Waals surface area contributed by atoms with E-state index in [4.69, 9.17) is 0 Å². The number of nitrogens with one attached hydrogen (secondary N) is 1. The third kappa shape index (κ3) is 4.84. The van der Waals surface area contributed by atoms with Crippen LogP contribution in [-0.4, -0.2) is 43.4 Å². The van der Waals surface area contributed by atoms with E-state index in [2.05, 4.69) is 36.3 Å². The summed E-state index contributed by atoms with van der Waals surface area (Å²) in [5, 5.41) is 11.0. The molecule has 9 heteroatoms. The fraction of sp³-hybridized carbons (Fsp3) is 0.500. The van der Waals surface area contributed by atoms with Crippen LogP contribution < -0.4 is 10.2 Å². The summed E-state index contributed by atoms with van der Waals surface area (Å²) in [5.74, 6) is -1.24. The summed E-state index contributed by atoms with van der Waals surface area (Å²) >= 11 is 1.03. The highest BCUT2D eigenvalue weighted by Gasteiger charge is 2.26. The van der Waals surface area contributed by atoms with Crippen molar-refractivity contribution in [1.29, 1.82) is 0 Å². The minimum atomic E-state index is -3.81. The SMILES string of the molecule is CC(C)(C)c1ccc(NC(=O)CS(=O)(=O)c2nnc(N3CCCC3)s2)cc1. The Balaban J connectivity index is 1.64. The molecular formula is C18H24N4O3S2. The van der Waals surface area contributed by atoms with Crippen molar-refractivity contribution in [2.45, 2.75) is 43.4 Å². The lowest BCUT2D eigenvalue weighted by atomic mass is 9.87. The highest BCUT2D eigenvalue weighted by atomic mass is 32.2. The number of nitrogens with zero attached hydrogens (tertiary/aromatic N) is 3. The lowest BCUT2D eigenvalue weighted by molar-refractivity contribution is -0.113. The fourth-order valence-corrected chi connectivity index (χ4v) is 5.09. The number of hydrogen-bond donors (Lipinski definition) is 1. The zero-order chi connectivity index (χ0) is 19.7. The third-order valence-corrected chi connectivity index (χ3v) is 7.44. The largest absolute Gasteiger partial charge is 0.347 e. The third-order valence-electron chi connectivity index (χ3n) is 4.39. The van der Waals surface area contributed by atoms with E-state index < -0.39 is 21.5 Å². The van der Waals surface area contributed by atoms with Crippen LogP contribution in [0.2, 0.25) is 0 Å². The first-order valence-corrected chi connectivity index (χ1v) is 11.3. The molecule has 3 rings (SSSR count). The van der Waals surface area contributed by atoms with Gasteiger partial charge in [0, 0.05) is 18.8 Å². The molecule has 0 radical (unpaired) electrons. The Morgan fingerprint density at radius 1 is 1.15 bits per heavy atom. The maximum atomic E-state index is 12.5. The van der Waals surface area contributed by atoms with E-state index in [1.54, 1.807) is 12.1 Å². The zero-order valence-corrected chi connectivity index (χ0v) is 17.4. The van der Waals surface area contributed by atoms with Gasteiger partial charge in [0.05, 0.1) is 0 Å². The van der Waals surface area contributed by atoms with E-state index in [1.165, 1.54) is 0 Å². The average molecular weight is 409 g/mol. The van der Waals surface area contributed by atoms with Gasteiger partial charge in [-0.1, -0.05) is 44.2 Å². The Morgan fingerprint density at radius 3 is 2.37 bits per heavy atom. The maximum Gasteiger partial charge on any atom is 0.240 e. The Labute approximate surface area is 163 Å². The average Bonchev–Trinajstić information content (AvgIpc) is 3.25. The van der Waals surface area contributed by atoms with Gasteiger partial charge in [0.15, 0.2) is 0 Å². The van der Waals surface area contributed by atoms with Crippen LogP contribution in [-0.2, 0) is 20.0 Å². The van der Waals surface area contributed by atoms with Crippen molar-refractivity contribution in [3.8, 4) is 0 Å². The van der Waals surface area contributed by atoms with Crippen LogP contribution >= 0.6 is 11.3 Å². The first-order valence-electron chi connectivity index (χ1n) is 8.87. The van der Waals surface area contributed by atoms with Crippen molar-refractivity contribution < 1.29 is 13.2 Å². The van der Waals surface area contributed by atoms with Crippen LogP contribution in [0.3, 0.4) is 0 Å². The monoisotopic (exact) mass is 408 g/mol. The summed E-state index contributed by atoms with van der Waals surface area (Å²) in [4.78, 5) is 14.2. The molecule has 1 fully saturated rings. The van der Waals surface area contributed by atoms with E-state index in [-0.39, 0.29) is 9.75 Å². The van der Waals surface area contributed by atoms with Crippen LogP contribution in [0.5, 0.6) is 0 Å². The molecule has 146 valence electrons. The fourth-order valence-electron chi connectivity index (χ4n) is 2.85. The molecule has 0 bridgehead atoms. The predicted octanol–water partition coefficient (Wildman–Crippen LogP) is 2.85. The highest BCUT2D eigenvalue weighted by molar-refractivity contribution is 7.94. The van der Waals surface area contributed by atoms with Crippen molar-refractivity contribution in [1.82, 2.24) is 10.2 Å². The molecule has 0 saturated carbocycles. The van der Waals surface area contributed by atoms with Gasteiger partial charge >= 0.3 is 0 Å². The molecule has 1 aliphatic rings. The van der Waals surface area contributed by atoms with Crippen molar-refractivity contribution in [3.05, 3.63) is 29.8 Å². The summed E-state index contributed by atoms with van der Waals surface area (Å²) in [6, 6.07) is 7.41. The number of rotatable bonds is 5. The van der Waals surface area contributed by atoms with E-state index >= 15 is 0 Å². The van der Waals surface area contributed by atoms with Crippen LogP contribution in [0.1, 0.15) is 39.2 Å². The molecule has 0 unspecified atom stereocenters. The van der Waals surface area contributed by atoms with Crippen LogP contribution in [0, 0.1) is 0 Å². The Bertz CT molecular complexity index is 909. The van der Waals surface area contributed by atoms with Gasteiger partial charge in [0.25, 0.3) is 0 Å². The van der Waals surface area contributed by atoms with Crippen LogP contribution in [0.15, 0.2) is 28.6 Å². The van der Waals surface area contributed by atoms with E-state index in [9.17, 15) is 13.2 Å². The normalized spacial score (nSPS) is 15.1. The second-order valence-corrected chi connectivity index (χ2v) is 10.8. The summed E-state index contributed by atoms with van der Waals surface area (Å²) in [7, 11) is -3.81. The van der Waals surface area contributed by atoms with Crippen LogP contribution in [0.4, 0.5) is 10.8 Å². The standard InChI is InChI=1S/C18H24N4O3S2/c1-18(2,3)13-6-8-14(9-7-13)19-15(23)12-27(24,25)17-21-20-16(26-17)22-10-4-5-11-22/h6-9H,4-5,10-12H2,1-3H3,(H,19,23). The molecule has 27 heavy (non-hydrogen) atoms. The van der Waals surface area contributed by atoms with Gasteiger partial charge in [0.1, 0.15) is 5.75 Å². The lowest BCUT2D eigenvalue weighted by Crippen LogP contribution is -2.23. The molecule has 1 amide bonds. The molecule has 1 N–H and O–H groups in total. The summed E-state index contributed by atoms with van der Waals surface area (Å²) < 4.78 is 24.8. The number of sulfone groups is 1. The van der Waals surface area contributed by atoms with Crippen molar-refractivity contribution in [2.24, 2.45) is 0 Å². The van der Waals surface area contributed by atoms with E-state index in [0.717, 1.165) is 42.8 Å². The topological polar surface area (TPSA) is 92.3 Å². The predicted molar refractivity (Wildman–Crippen MR) is 107 cm³/mol. The second-order valence-electron chi connectivity index (χ2n) is 7.68. The molecule has 1 saturated heterocycles. The number of carbonyl (C=O) groups is 1. The molecule has 1 aromatic carbocycles. The quantitative estimate of drug-likeness (QED) is 0.818. The summed E-state index contributed by atoms with van der Waals surface area (Å²) in [6.07, 6.45) is 2.14. The molecule has 1 aliphatic heterocycles. The minimum absolute atomic E-state index is 0.0107. The molecule has 7 nitrogen and oxygen atoms in total. The maximum absolute atomic E-state index is 12.5. The Hall–Kier alpha value is -2.00. The second kappa shape index (κ2) is 7.55. The molecule has 2 aromatic rings. The molecule has 0 atom stereocenters. The molecule has 2 heterocycles. The Morgan fingerprint density at radius 2 is 1.78 bits per heavy atom. The highest BCUT2D eigenvalue weighted by Crippen LogP contribution is 2.27. The van der Waals surface area contributed by atoms with Gasteiger partial charge < -0.3 is 10.2 Å². The molecular weight excluding hydrogens is 384 g/mol. The number of anilines is 2. The van der Waals surface area contributed by atoms with Gasteiger partial charge in [0.2, 0.25) is 25.2 Å². The zero-order valence-electron chi connectivity index (χ0n) is 15.7. The summed E-state index contributed by atoms with van der Waals surface area (Å²) in [5.41, 5.74) is 1.71. The smallest absolute Gasteiger partial charge is 0.240 e. The van der Waals surface area contributed by atoms with Crippen molar-refractivity contribution in [2.75, 3.05) is 29.1 Å². The van der Waals surface area contributed by atoms with Gasteiger partial charge in [-0.3, -0.25) is 4.79 Å². The first kappa shape index (κ1) is 19.8. The molecule has 1 aromatic heterocycles. The van der Waals surface area contributed by atoms with E-state index in [1.807, 2.05) is 17.0 Å². The van der Waals surface area contributed by atoms with Gasteiger partial charge in [-0.15, -0.1) is 10.2 Å². The van der Waals surface area contributed by atoms with Gasteiger partial charge in [-0.05, 0) is 36.0 Å². The van der Waals surface area contributed by atoms with Crippen molar-refractivity contribution >= 4 is 37.9 Å². The van der Waals surface area contributed by atoms with Gasteiger partial charge in [-0.25, -0.2) is 8.42 Å². The molecule has 0 aliphatic carbocycles. The van der Waals surface area contributed by atoms with Crippen molar-refractivity contribution in [3.63, 3.8) is 0 Å². The number of benzene rings is 1. The van der Waals surface area contributed by atoms with Crippen LogP contribution in [0.25, 0.3) is 0 Å².